The Morgan fingerprint density at radius 3 is 2.11 bits per heavy atom. The van der Waals surface area contributed by atoms with E-state index in [0.29, 0.717) is 24.9 Å². The summed E-state index contributed by atoms with van der Waals surface area (Å²) in [5.41, 5.74) is -0.376. The third-order valence-electron chi connectivity index (χ3n) is 7.97. The molecule has 4 atom stereocenters. The molecule has 0 unspecified atom stereocenters. The van der Waals surface area contributed by atoms with Crippen molar-refractivity contribution < 1.29 is 48.3 Å². The number of esters is 1. The van der Waals surface area contributed by atoms with Gasteiger partial charge in [-0.25, -0.2) is 9.59 Å². The van der Waals surface area contributed by atoms with Crippen molar-refractivity contribution in [3.8, 4) is 11.5 Å². The Labute approximate surface area is 307 Å². The van der Waals surface area contributed by atoms with Gasteiger partial charge in [-0.05, 0) is 82.7 Å². The number of likely N-dealkylation sites (tertiary alicyclic amines) is 1. The molecule has 0 radical (unpaired) electrons. The third kappa shape index (κ3) is 13.4. The first-order valence-electron chi connectivity index (χ1n) is 17.2. The molecule has 1 aliphatic rings. The maximum absolute atomic E-state index is 13.8. The number of nitrogens with one attached hydrogen (secondary N) is 4. The number of nitrogens with zero attached hydrogens (tertiary/aromatic N) is 2. The molecule has 2 aromatic rings. The minimum atomic E-state index is -1.20. The summed E-state index contributed by atoms with van der Waals surface area (Å²) in [4.78, 5) is 90.3. The fraction of sp³-hybridized carbons (Fsp3) is 0.500. The first-order valence-corrected chi connectivity index (χ1v) is 17.2. The number of benzene rings is 2. The van der Waals surface area contributed by atoms with Gasteiger partial charge in [-0.2, -0.15) is 0 Å². The van der Waals surface area contributed by atoms with Gasteiger partial charge in [-0.3, -0.25) is 34.2 Å². The summed E-state index contributed by atoms with van der Waals surface area (Å²) in [6.07, 6.45) is 0.411. The molecule has 0 aromatic heterocycles. The number of phenolic OH excluding ortho intramolecular Hbond substituents is 1. The Morgan fingerprint density at radius 2 is 1.53 bits per heavy atom. The van der Waals surface area contributed by atoms with Crippen LogP contribution in [0.15, 0.2) is 48.5 Å². The van der Waals surface area contributed by atoms with Crippen molar-refractivity contribution in [1.82, 2.24) is 26.2 Å². The highest BCUT2D eigenvalue weighted by molar-refractivity contribution is 5.95. The lowest BCUT2D eigenvalue weighted by atomic mass is 10.0. The van der Waals surface area contributed by atoms with Gasteiger partial charge in [0.15, 0.2) is 0 Å². The minimum absolute atomic E-state index is 0.00551. The van der Waals surface area contributed by atoms with Crippen LogP contribution in [-0.2, 0) is 35.1 Å². The highest BCUT2D eigenvalue weighted by atomic mass is 16.6. The normalized spacial score (nSPS) is 15.8. The number of aromatic hydroxyl groups is 1. The molecule has 1 aliphatic heterocycles. The Bertz CT molecular complexity index is 1640. The molecular formula is C36H48N6O11. The maximum Gasteiger partial charge on any atom is 0.410 e. The monoisotopic (exact) mass is 740 g/mol. The predicted octanol–water partition coefficient (Wildman–Crippen LogP) is 2.48. The Kier molecular flexibility index (Phi) is 14.7. The molecule has 0 aliphatic carbocycles. The summed E-state index contributed by atoms with van der Waals surface area (Å²) < 4.78 is 10.6. The average Bonchev–Trinajstić information content (AvgIpc) is 3.57. The number of amides is 5. The van der Waals surface area contributed by atoms with Gasteiger partial charge in [0.25, 0.3) is 5.69 Å². The lowest BCUT2D eigenvalue weighted by molar-refractivity contribution is -0.384. The van der Waals surface area contributed by atoms with Crippen LogP contribution in [0.5, 0.6) is 11.5 Å². The molecule has 288 valence electrons. The van der Waals surface area contributed by atoms with Crippen molar-refractivity contribution in [2.24, 2.45) is 5.92 Å². The smallest absolute Gasteiger partial charge is 0.410 e. The summed E-state index contributed by atoms with van der Waals surface area (Å²) in [5.74, 6) is -3.59. The van der Waals surface area contributed by atoms with E-state index in [1.807, 2.05) is 13.8 Å². The molecular weight excluding hydrogens is 692 g/mol. The number of nitro groups is 1. The van der Waals surface area contributed by atoms with E-state index in [-0.39, 0.29) is 35.9 Å². The summed E-state index contributed by atoms with van der Waals surface area (Å²) in [6, 6.07) is 6.47. The van der Waals surface area contributed by atoms with Gasteiger partial charge in [0.2, 0.25) is 23.6 Å². The van der Waals surface area contributed by atoms with E-state index in [4.69, 9.17) is 9.47 Å². The topological polar surface area (TPSA) is 236 Å². The number of ether oxygens (including phenoxy) is 2. The van der Waals surface area contributed by atoms with Gasteiger partial charge in [-0.15, -0.1) is 0 Å². The minimum Gasteiger partial charge on any atom is -0.508 e. The molecule has 5 amide bonds. The van der Waals surface area contributed by atoms with Crippen molar-refractivity contribution in [1.29, 1.82) is 0 Å². The SMILES string of the molecule is CC(C)C[C@H](NC(=O)[C@H](Cc1ccc(O)cc1)NC(=O)[C@@H]1CCCN1C(=O)OC(C)(C)C)C(=O)N[C@@H](C)C(=O)NCC(=O)Oc1ccc([N+](=O)[O-])cc1. The van der Waals surface area contributed by atoms with Crippen LogP contribution < -0.4 is 26.0 Å². The number of non-ortho nitro benzene ring substituents is 1. The molecule has 1 saturated heterocycles. The van der Waals surface area contributed by atoms with Crippen LogP contribution in [0.2, 0.25) is 0 Å². The third-order valence-corrected chi connectivity index (χ3v) is 7.97. The lowest BCUT2D eigenvalue weighted by Gasteiger charge is -2.29. The Hall–Kier alpha value is -5.74. The van der Waals surface area contributed by atoms with Crippen molar-refractivity contribution in [3.05, 3.63) is 64.2 Å². The fourth-order valence-electron chi connectivity index (χ4n) is 5.39. The zero-order chi connectivity index (χ0) is 39.5. The van der Waals surface area contributed by atoms with Crippen LogP contribution in [-0.4, -0.2) is 93.5 Å². The van der Waals surface area contributed by atoms with E-state index >= 15 is 0 Å². The predicted molar refractivity (Wildman–Crippen MR) is 190 cm³/mol. The van der Waals surface area contributed by atoms with Gasteiger partial charge < -0.3 is 35.8 Å². The second-order valence-electron chi connectivity index (χ2n) is 14.1. The van der Waals surface area contributed by atoms with Gasteiger partial charge in [0, 0.05) is 25.1 Å². The van der Waals surface area contributed by atoms with E-state index in [0.717, 1.165) is 12.1 Å². The first kappa shape index (κ1) is 41.7. The van der Waals surface area contributed by atoms with E-state index < -0.39 is 76.9 Å². The fourth-order valence-corrected chi connectivity index (χ4v) is 5.39. The molecule has 17 nitrogen and oxygen atoms in total. The Balaban J connectivity index is 1.68. The van der Waals surface area contributed by atoms with Gasteiger partial charge in [0.05, 0.1) is 4.92 Å². The maximum atomic E-state index is 13.8. The van der Waals surface area contributed by atoms with Crippen LogP contribution in [0.3, 0.4) is 0 Å². The van der Waals surface area contributed by atoms with Crippen LogP contribution in [0.25, 0.3) is 0 Å². The summed E-state index contributed by atoms with van der Waals surface area (Å²) in [5, 5.41) is 30.9. The molecule has 0 spiro atoms. The molecule has 2 aromatic carbocycles. The van der Waals surface area contributed by atoms with E-state index in [2.05, 4.69) is 21.3 Å². The zero-order valence-corrected chi connectivity index (χ0v) is 30.7. The largest absolute Gasteiger partial charge is 0.508 e. The molecule has 3 rings (SSSR count). The van der Waals surface area contributed by atoms with Crippen molar-refractivity contribution in [2.75, 3.05) is 13.1 Å². The molecule has 0 saturated carbocycles. The number of nitro benzene ring substituents is 1. The molecule has 1 heterocycles. The van der Waals surface area contributed by atoms with Crippen molar-refractivity contribution >= 4 is 41.4 Å². The van der Waals surface area contributed by atoms with Crippen LogP contribution in [0, 0.1) is 16.0 Å². The van der Waals surface area contributed by atoms with E-state index in [1.54, 1.807) is 32.9 Å². The molecule has 53 heavy (non-hydrogen) atoms. The second-order valence-corrected chi connectivity index (χ2v) is 14.1. The highest BCUT2D eigenvalue weighted by Gasteiger charge is 2.38. The number of carbonyl (C=O) groups excluding carboxylic acids is 6. The summed E-state index contributed by atoms with van der Waals surface area (Å²) >= 11 is 0. The van der Waals surface area contributed by atoms with Crippen LogP contribution in [0.4, 0.5) is 10.5 Å². The van der Waals surface area contributed by atoms with Crippen LogP contribution in [0.1, 0.15) is 66.4 Å². The first-order chi connectivity index (χ1) is 24.8. The van der Waals surface area contributed by atoms with Gasteiger partial charge in [-0.1, -0.05) is 26.0 Å². The van der Waals surface area contributed by atoms with Crippen molar-refractivity contribution in [2.45, 2.75) is 97.0 Å². The molecule has 5 N–H and O–H groups in total. The summed E-state index contributed by atoms with van der Waals surface area (Å²) in [7, 11) is 0. The molecule has 1 fully saturated rings. The summed E-state index contributed by atoms with van der Waals surface area (Å²) in [6.45, 7) is 9.93. The number of rotatable bonds is 15. The highest BCUT2D eigenvalue weighted by Crippen LogP contribution is 2.22. The van der Waals surface area contributed by atoms with Gasteiger partial charge >= 0.3 is 12.1 Å². The average molecular weight is 741 g/mol. The number of hydrogen-bond donors (Lipinski definition) is 5. The van der Waals surface area contributed by atoms with E-state index in [1.165, 1.54) is 36.1 Å². The Morgan fingerprint density at radius 1 is 0.906 bits per heavy atom. The molecule has 17 heteroatoms. The standard InChI is InChI=1S/C36H48N6O11/c1-21(2)18-27(32(46)38-22(3)31(45)37-20-30(44)52-26-15-11-24(12-16-26)42(50)51)39-33(47)28(19-23-9-13-25(43)14-10-23)40-34(48)29-8-7-17-41(29)35(49)53-36(4,5)6/h9-16,21-22,27-29,43H,7-8,17-20H2,1-6H3,(H,37,45)(H,38,46)(H,39,47)(H,40,48)/t22-,27-,28-,29-/m0/s1. The number of hydrogen-bond acceptors (Lipinski definition) is 11. The van der Waals surface area contributed by atoms with Crippen LogP contribution >= 0.6 is 0 Å². The molecule has 0 bridgehead atoms. The van der Waals surface area contributed by atoms with E-state index in [9.17, 15) is 44.0 Å². The lowest BCUT2D eigenvalue weighted by Crippen LogP contribution is -2.58. The zero-order valence-electron chi connectivity index (χ0n) is 30.7. The number of phenols is 1. The van der Waals surface area contributed by atoms with Crippen molar-refractivity contribution in [3.63, 3.8) is 0 Å². The second kappa shape index (κ2) is 18.7. The van der Waals surface area contributed by atoms with Gasteiger partial charge in [0.1, 0.15) is 47.8 Å². The number of carbonyl (C=O) groups is 6. The quantitative estimate of drug-likeness (QED) is 0.0770.